The van der Waals surface area contributed by atoms with Crippen LogP contribution in [0.3, 0.4) is 0 Å². The first kappa shape index (κ1) is 37.5. The zero-order valence-electron chi connectivity index (χ0n) is 28.6. The van der Waals surface area contributed by atoms with E-state index in [4.69, 9.17) is 16.5 Å². The summed E-state index contributed by atoms with van der Waals surface area (Å²) in [6.07, 6.45) is 6.77. The van der Waals surface area contributed by atoms with Gasteiger partial charge in [0.25, 0.3) is 0 Å². The summed E-state index contributed by atoms with van der Waals surface area (Å²) >= 11 is 5.26. The number of nitrogens with two attached hydrogens (primary N) is 2. The number of aryl methyl sites for hydroxylation is 1. The second kappa shape index (κ2) is 18.0. The Morgan fingerprint density at radius 3 is 2.52 bits per heavy atom. The third-order valence-electron chi connectivity index (χ3n) is 9.21. The smallest absolute Gasteiger partial charge is 0.245 e. The maximum Gasteiger partial charge on any atom is 0.245 e. The summed E-state index contributed by atoms with van der Waals surface area (Å²) in [4.78, 5) is 53.1. The minimum atomic E-state index is -0.862. The molecule has 0 radical (unpaired) electrons. The normalized spacial score (nSPS) is 19.4. The molecule has 50 heavy (non-hydrogen) atoms. The van der Waals surface area contributed by atoms with Crippen LogP contribution in [-0.4, -0.2) is 70.9 Å². The van der Waals surface area contributed by atoms with Crippen LogP contribution in [0.15, 0.2) is 75.3 Å². The van der Waals surface area contributed by atoms with Gasteiger partial charge in [0.1, 0.15) is 17.1 Å². The van der Waals surface area contributed by atoms with Gasteiger partial charge in [0.05, 0.1) is 6.04 Å². The van der Waals surface area contributed by atoms with Gasteiger partial charge in [-0.15, -0.1) is 0 Å². The molecule has 1 aliphatic heterocycles. The van der Waals surface area contributed by atoms with Crippen LogP contribution in [0.1, 0.15) is 54.4 Å². The maximum absolute atomic E-state index is 14.4. The van der Waals surface area contributed by atoms with Crippen LogP contribution in [0.25, 0.3) is 10.9 Å². The van der Waals surface area contributed by atoms with Crippen LogP contribution in [-0.2, 0) is 33.9 Å². The van der Waals surface area contributed by atoms with E-state index in [9.17, 15) is 14.4 Å². The molecule has 8 N–H and O–H groups in total. The number of carbonyl (C=O) groups is 3. The molecule has 0 bridgehead atoms. The highest BCUT2D eigenvalue weighted by Gasteiger charge is 2.34. The van der Waals surface area contributed by atoms with Crippen molar-refractivity contribution >= 4 is 56.3 Å². The molecule has 0 saturated heterocycles. The molecule has 3 heterocycles. The molecule has 3 unspecified atom stereocenters. The van der Waals surface area contributed by atoms with Gasteiger partial charge < -0.3 is 37.3 Å². The van der Waals surface area contributed by atoms with E-state index in [1.54, 1.807) is 13.2 Å². The fourth-order valence-corrected chi connectivity index (χ4v) is 8.00. The van der Waals surface area contributed by atoms with Gasteiger partial charge in [0.2, 0.25) is 17.7 Å². The Balaban J connectivity index is 1.58. The van der Waals surface area contributed by atoms with Crippen LogP contribution < -0.4 is 27.4 Å². The second-order valence-electron chi connectivity index (χ2n) is 12.7. The number of fused-ring (bicyclic) bond motifs is 3. The van der Waals surface area contributed by atoms with Crippen molar-refractivity contribution in [3.05, 3.63) is 87.7 Å². The van der Waals surface area contributed by atoms with Crippen LogP contribution in [0.2, 0.25) is 0 Å². The molecule has 2 aromatic heterocycles. The highest BCUT2D eigenvalue weighted by molar-refractivity contribution is 9.10. The number of hydrogen-bond donors (Lipinski definition) is 6. The maximum atomic E-state index is 14.4. The largest absolute Gasteiger partial charge is 0.361 e. The lowest BCUT2D eigenvalue weighted by molar-refractivity contribution is -0.142. The Morgan fingerprint density at radius 2 is 1.72 bits per heavy atom. The zero-order chi connectivity index (χ0) is 35.6. The number of aromatic amines is 1. The number of likely N-dealkylation sites (N-methyl/N-ethyl adjacent to an activating group) is 1. The van der Waals surface area contributed by atoms with E-state index in [0.29, 0.717) is 51.7 Å². The number of amides is 3. The van der Waals surface area contributed by atoms with Crippen molar-refractivity contribution in [2.45, 2.75) is 86.6 Å². The Bertz CT molecular complexity index is 1800. The van der Waals surface area contributed by atoms with Crippen LogP contribution in [0.4, 0.5) is 0 Å². The number of hydrogen-bond acceptors (Lipinski definition) is 8. The fraction of sp³-hybridized carbons (Fsp3) is 0.405. The molecular formula is C37H47BrN8O3S. The van der Waals surface area contributed by atoms with Gasteiger partial charge in [-0.25, -0.2) is 4.98 Å². The number of H-pyrrole nitrogens is 1. The molecule has 11 nitrogen and oxygen atoms in total. The topological polar surface area (TPSA) is 171 Å². The van der Waals surface area contributed by atoms with Gasteiger partial charge in [-0.3, -0.25) is 14.4 Å². The molecule has 5 rings (SSSR count). The third-order valence-corrected chi connectivity index (χ3v) is 11.3. The van der Waals surface area contributed by atoms with Crippen molar-refractivity contribution in [3.63, 3.8) is 0 Å². The van der Waals surface area contributed by atoms with Crippen molar-refractivity contribution in [2.75, 3.05) is 20.1 Å². The molecule has 1 aliphatic rings. The molecular weight excluding hydrogens is 716 g/mol. The van der Waals surface area contributed by atoms with Crippen LogP contribution in [0.5, 0.6) is 0 Å². The lowest BCUT2D eigenvalue weighted by atomic mass is 10.0. The molecule has 0 fully saturated rings. The summed E-state index contributed by atoms with van der Waals surface area (Å²) in [5, 5.41) is 11.4. The summed E-state index contributed by atoms with van der Waals surface area (Å²) in [6.45, 7) is 3.55. The van der Waals surface area contributed by atoms with Crippen LogP contribution >= 0.6 is 27.7 Å². The number of nitrogens with one attached hydrogen (secondary N) is 4. The lowest BCUT2D eigenvalue weighted by Crippen LogP contribution is -2.57. The number of pyridine rings is 1. The number of nitrogens with zero attached hydrogens (tertiary/aromatic N) is 2. The molecule has 266 valence electrons. The quantitative estimate of drug-likeness (QED) is 0.137. The van der Waals surface area contributed by atoms with E-state index in [1.807, 2.05) is 61.7 Å². The number of rotatable bonds is 9. The number of aromatic nitrogens is 2. The van der Waals surface area contributed by atoms with Crippen molar-refractivity contribution < 1.29 is 14.4 Å². The number of carbonyl (C=O) groups excluding carboxylic acids is 3. The average molecular weight is 764 g/mol. The summed E-state index contributed by atoms with van der Waals surface area (Å²) < 4.78 is 0.855. The van der Waals surface area contributed by atoms with E-state index in [1.165, 1.54) is 16.7 Å². The standard InChI is InChI=1S/C37H47BrN8O3S/c1-23-14-15-28(38)27-22-44-35(48)32(19-25-21-42-29-11-4-3-10-26(25)29)46(2)37(49)31(12-5-6-16-39)45-34(47)30(13-7-17-40)43-20-24-9-8-18-41-36(24)50-33(23)27/h3-4,8-11,14-15,18,21,30-32,42-43H,5-7,12-13,16-17,19-20,22,39-40H2,1-2H3,(H,44,48)(H,45,47). The Labute approximate surface area is 306 Å². The van der Waals surface area contributed by atoms with Crippen molar-refractivity contribution in [2.24, 2.45) is 11.5 Å². The Hall–Kier alpha value is -3.75. The minimum absolute atomic E-state index is 0.230. The molecule has 0 aliphatic carbocycles. The molecule has 0 saturated carbocycles. The van der Waals surface area contributed by atoms with Crippen molar-refractivity contribution in [1.29, 1.82) is 0 Å². The summed E-state index contributed by atoms with van der Waals surface area (Å²) in [5.74, 6) is -0.921. The van der Waals surface area contributed by atoms with Gasteiger partial charge >= 0.3 is 0 Å². The second-order valence-corrected chi connectivity index (χ2v) is 14.6. The molecule has 3 atom stereocenters. The fourth-order valence-electron chi connectivity index (χ4n) is 6.29. The highest BCUT2D eigenvalue weighted by atomic mass is 79.9. The molecule has 2 aromatic carbocycles. The molecule has 13 heteroatoms. The Kier molecular flexibility index (Phi) is 13.5. The van der Waals surface area contributed by atoms with Crippen molar-refractivity contribution in [1.82, 2.24) is 30.8 Å². The number of halogens is 1. The molecule has 4 aromatic rings. The zero-order valence-corrected chi connectivity index (χ0v) is 31.0. The number of benzene rings is 2. The van der Waals surface area contributed by atoms with E-state index in [2.05, 4.69) is 36.9 Å². The Morgan fingerprint density at radius 1 is 0.940 bits per heavy atom. The van der Waals surface area contributed by atoms with Gasteiger partial charge in [-0.1, -0.05) is 58.0 Å². The van der Waals surface area contributed by atoms with E-state index < -0.39 is 18.1 Å². The monoisotopic (exact) mass is 762 g/mol. The first-order valence-electron chi connectivity index (χ1n) is 17.1. The van der Waals surface area contributed by atoms with Gasteiger partial charge in [-0.05, 0) is 92.6 Å². The van der Waals surface area contributed by atoms with Gasteiger partial charge in [0.15, 0.2) is 0 Å². The van der Waals surface area contributed by atoms with Crippen LogP contribution in [0, 0.1) is 6.92 Å². The van der Waals surface area contributed by atoms with E-state index in [-0.39, 0.29) is 30.7 Å². The summed E-state index contributed by atoms with van der Waals surface area (Å²) in [7, 11) is 1.65. The average Bonchev–Trinajstić information content (AvgIpc) is 3.53. The SMILES string of the molecule is Cc1ccc(Br)c2c1Sc1ncccc1CNC(CCCN)C(=O)NC(CCCCN)C(=O)N(C)C(Cc1c[nH]c3ccccc13)C(=O)NC2. The predicted octanol–water partition coefficient (Wildman–Crippen LogP) is 4.30. The lowest BCUT2D eigenvalue weighted by Gasteiger charge is -2.32. The molecule has 3 amide bonds. The minimum Gasteiger partial charge on any atom is -0.361 e. The highest BCUT2D eigenvalue weighted by Crippen LogP contribution is 2.37. The number of para-hydroxylation sites is 1. The number of unbranched alkanes of at least 4 members (excludes halogenated alkanes) is 1. The predicted molar refractivity (Wildman–Crippen MR) is 201 cm³/mol. The van der Waals surface area contributed by atoms with E-state index >= 15 is 0 Å². The first-order chi connectivity index (χ1) is 24.2. The summed E-state index contributed by atoms with van der Waals surface area (Å²) in [6, 6.07) is 13.5. The van der Waals surface area contributed by atoms with Crippen molar-refractivity contribution in [3.8, 4) is 0 Å². The first-order valence-corrected chi connectivity index (χ1v) is 18.8. The molecule has 0 spiro atoms. The van der Waals surface area contributed by atoms with Gasteiger partial charge in [-0.2, -0.15) is 0 Å². The van der Waals surface area contributed by atoms with E-state index in [0.717, 1.165) is 47.6 Å². The van der Waals surface area contributed by atoms with Gasteiger partial charge in [0, 0.05) is 59.2 Å². The third kappa shape index (κ3) is 9.12. The summed E-state index contributed by atoms with van der Waals surface area (Å²) in [5.41, 5.74) is 16.4.